The summed E-state index contributed by atoms with van der Waals surface area (Å²) >= 11 is 0. The van der Waals surface area contributed by atoms with E-state index in [1.807, 2.05) is 24.3 Å². The number of carboxylic acid groups (broad SMARTS) is 1. The van der Waals surface area contributed by atoms with Gasteiger partial charge in [0.15, 0.2) is 0 Å². The van der Waals surface area contributed by atoms with Crippen LogP contribution in [0.3, 0.4) is 0 Å². The second kappa shape index (κ2) is 6.02. The van der Waals surface area contributed by atoms with E-state index in [1.54, 1.807) is 0 Å². The fourth-order valence-corrected chi connectivity index (χ4v) is 3.20. The summed E-state index contributed by atoms with van der Waals surface area (Å²) in [6, 6.07) is 7.63. The molecule has 1 saturated carbocycles. The smallest absolute Gasteiger partial charge is 0.329 e. The number of carbonyl (C=O) groups excluding carboxylic acids is 2. The second-order valence-corrected chi connectivity index (χ2v) is 6.38. The third-order valence-electron chi connectivity index (χ3n) is 4.83. The number of carbonyl (C=O) groups is 3. The van der Waals surface area contributed by atoms with Crippen LogP contribution in [0.4, 0.5) is 5.69 Å². The SMILES string of the molecule is O=C(CCC1Cc2ccccc2NC1=O)NC1(C(=O)O)CCC1. The number of nitrogens with one attached hydrogen (secondary N) is 2. The quantitative estimate of drug-likeness (QED) is 0.770. The lowest BCUT2D eigenvalue weighted by Gasteiger charge is -2.38. The van der Waals surface area contributed by atoms with Crippen LogP contribution in [-0.4, -0.2) is 28.4 Å². The van der Waals surface area contributed by atoms with Crippen LogP contribution < -0.4 is 10.6 Å². The van der Waals surface area contributed by atoms with Gasteiger partial charge in [0.25, 0.3) is 0 Å². The first kappa shape index (κ1) is 15.5. The molecule has 1 aliphatic heterocycles. The Morgan fingerprint density at radius 1 is 1.30 bits per heavy atom. The van der Waals surface area contributed by atoms with Gasteiger partial charge in [-0.05, 0) is 43.7 Å². The molecule has 1 unspecified atom stereocenters. The number of aliphatic carboxylic acids is 1. The first-order valence-electron chi connectivity index (χ1n) is 7.93. The largest absolute Gasteiger partial charge is 0.480 e. The monoisotopic (exact) mass is 316 g/mol. The Labute approximate surface area is 134 Å². The van der Waals surface area contributed by atoms with Crippen molar-refractivity contribution >= 4 is 23.5 Å². The van der Waals surface area contributed by atoms with Gasteiger partial charge in [0.05, 0.1) is 0 Å². The molecule has 0 bridgehead atoms. The highest BCUT2D eigenvalue weighted by Gasteiger charge is 2.45. The number of benzene rings is 1. The Balaban J connectivity index is 1.55. The maximum atomic E-state index is 12.1. The molecule has 1 heterocycles. The van der Waals surface area contributed by atoms with Crippen LogP contribution in [0.5, 0.6) is 0 Å². The van der Waals surface area contributed by atoms with E-state index in [1.165, 1.54) is 0 Å². The van der Waals surface area contributed by atoms with Gasteiger partial charge >= 0.3 is 5.97 Å². The number of rotatable bonds is 5. The normalized spacial score (nSPS) is 21.6. The first-order chi connectivity index (χ1) is 11.0. The van der Waals surface area contributed by atoms with Crippen molar-refractivity contribution < 1.29 is 19.5 Å². The van der Waals surface area contributed by atoms with Crippen LogP contribution in [0.25, 0.3) is 0 Å². The van der Waals surface area contributed by atoms with Gasteiger partial charge in [-0.25, -0.2) is 4.79 Å². The number of hydrogen-bond donors (Lipinski definition) is 3. The van der Waals surface area contributed by atoms with Crippen LogP contribution >= 0.6 is 0 Å². The van der Waals surface area contributed by atoms with Crippen LogP contribution in [0, 0.1) is 5.92 Å². The molecule has 0 radical (unpaired) electrons. The average Bonchev–Trinajstić information content (AvgIpc) is 2.48. The molecule has 23 heavy (non-hydrogen) atoms. The van der Waals surface area contributed by atoms with Gasteiger partial charge in [-0.2, -0.15) is 0 Å². The van der Waals surface area contributed by atoms with Gasteiger partial charge < -0.3 is 15.7 Å². The molecule has 1 atom stereocenters. The molecule has 3 N–H and O–H groups in total. The molecule has 2 amide bonds. The van der Waals surface area contributed by atoms with Gasteiger partial charge in [-0.3, -0.25) is 9.59 Å². The van der Waals surface area contributed by atoms with Gasteiger partial charge in [-0.1, -0.05) is 18.2 Å². The summed E-state index contributed by atoms with van der Waals surface area (Å²) in [5.74, 6) is -1.59. The summed E-state index contributed by atoms with van der Waals surface area (Å²) in [6.45, 7) is 0. The zero-order valence-electron chi connectivity index (χ0n) is 12.8. The molecule has 0 spiro atoms. The minimum absolute atomic E-state index is 0.0758. The predicted octanol–water partition coefficient (Wildman–Crippen LogP) is 1.70. The third-order valence-corrected chi connectivity index (χ3v) is 4.83. The van der Waals surface area contributed by atoms with Crippen molar-refractivity contribution in [2.45, 2.75) is 44.1 Å². The maximum Gasteiger partial charge on any atom is 0.329 e. The van der Waals surface area contributed by atoms with Crippen molar-refractivity contribution in [1.29, 1.82) is 0 Å². The molecule has 122 valence electrons. The Hall–Kier alpha value is -2.37. The average molecular weight is 316 g/mol. The highest BCUT2D eigenvalue weighted by molar-refractivity contribution is 5.96. The lowest BCUT2D eigenvalue weighted by Crippen LogP contribution is -2.59. The van der Waals surface area contributed by atoms with Crippen LogP contribution in [0.1, 0.15) is 37.7 Å². The summed E-state index contributed by atoms with van der Waals surface area (Å²) in [5.41, 5.74) is 0.814. The van der Waals surface area contributed by atoms with E-state index < -0.39 is 11.5 Å². The Kier molecular flexibility index (Phi) is 4.07. The van der Waals surface area contributed by atoms with E-state index in [4.69, 9.17) is 0 Å². The zero-order chi connectivity index (χ0) is 16.4. The highest BCUT2D eigenvalue weighted by atomic mass is 16.4. The number of hydrogen-bond acceptors (Lipinski definition) is 3. The van der Waals surface area contributed by atoms with E-state index in [0.717, 1.165) is 17.7 Å². The van der Waals surface area contributed by atoms with Crippen molar-refractivity contribution in [2.24, 2.45) is 5.92 Å². The zero-order valence-corrected chi connectivity index (χ0v) is 12.8. The number of carboxylic acids is 1. The molecule has 0 saturated heterocycles. The fourth-order valence-electron chi connectivity index (χ4n) is 3.20. The third kappa shape index (κ3) is 3.06. The molecule has 1 aromatic rings. The molecule has 1 aliphatic carbocycles. The molecular weight excluding hydrogens is 296 g/mol. The number of fused-ring (bicyclic) bond motifs is 1. The van der Waals surface area contributed by atoms with Crippen molar-refractivity contribution in [1.82, 2.24) is 5.32 Å². The number of amides is 2. The minimum atomic E-state index is -1.08. The van der Waals surface area contributed by atoms with E-state index in [0.29, 0.717) is 25.7 Å². The van der Waals surface area contributed by atoms with Gasteiger partial charge in [-0.15, -0.1) is 0 Å². The molecule has 0 aromatic heterocycles. The molecule has 2 aliphatic rings. The topological polar surface area (TPSA) is 95.5 Å². The molecule has 6 heteroatoms. The van der Waals surface area contributed by atoms with E-state index in [-0.39, 0.29) is 24.2 Å². The van der Waals surface area contributed by atoms with Crippen molar-refractivity contribution in [2.75, 3.05) is 5.32 Å². The summed E-state index contributed by atoms with van der Waals surface area (Å²) < 4.78 is 0. The fraction of sp³-hybridized carbons (Fsp3) is 0.471. The first-order valence-corrected chi connectivity index (χ1v) is 7.93. The van der Waals surface area contributed by atoms with Crippen molar-refractivity contribution in [3.05, 3.63) is 29.8 Å². The summed E-state index contributed by atoms with van der Waals surface area (Å²) in [5, 5.41) is 14.7. The van der Waals surface area contributed by atoms with Crippen LogP contribution in [0.15, 0.2) is 24.3 Å². The van der Waals surface area contributed by atoms with E-state index in [2.05, 4.69) is 10.6 Å². The Morgan fingerprint density at radius 2 is 2.04 bits per heavy atom. The Bertz CT molecular complexity index is 652. The molecular formula is C17H20N2O4. The number of para-hydroxylation sites is 1. The molecule has 6 nitrogen and oxygen atoms in total. The summed E-state index contributed by atoms with van der Waals surface area (Å²) in [4.78, 5) is 35.4. The van der Waals surface area contributed by atoms with Gasteiger partial charge in [0.1, 0.15) is 5.54 Å². The standard InChI is InChI=1S/C17H20N2O4/c20-14(19-17(16(22)23)8-3-9-17)7-6-12-10-11-4-1-2-5-13(11)18-15(12)21/h1-2,4-5,12H,3,6-10H2,(H,18,21)(H,19,20)(H,22,23). The summed E-state index contributed by atoms with van der Waals surface area (Å²) in [7, 11) is 0. The maximum absolute atomic E-state index is 12.1. The lowest BCUT2D eigenvalue weighted by atomic mass is 9.76. The van der Waals surface area contributed by atoms with Crippen molar-refractivity contribution in [3.8, 4) is 0 Å². The van der Waals surface area contributed by atoms with Gasteiger partial charge in [0.2, 0.25) is 11.8 Å². The minimum Gasteiger partial charge on any atom is -0.480 e. The summed E-state index contributed by atoms with van der Waals surface area (Å²) in [6.07, 6.45) is 2.96. The molecule has 1 aromatic carbocycles. The predicted molar refractivity (Wildman–Crippen MR) is 83.9 cm³/mol. The molecule has 3 rings (SSSR count). The van der Waals surface area contributed by atoms with Crippen LogP contribution in [0.2, 0.25) is 0 Å². The van der Waals surface area contributed by atoms with Crippen LogP contribution in [-0.2, 0) is 20.8 Å². The van der Waals surface area contributed by atoms with E-state index in [9.17, 15) is 19.5 Å². The van der Waals surface area contributed by atoms with Crippen molar-refractivity contribution in [3.63, 3.8) is 0 Å². The lowest BCUT2D eigenvalue weighted by molar-refractivity contribution is -0.151. The molecule has 1 fully saturated rings. The van der Waals surface area contributed by atoms with Gasteiger partial charge in [0, 0.05) is 18.0 Å². The Morgan fingerprint density at radius 3 is 2.70 bits per heavy atom. The van der Waals surface area contributed by atoms with E-state index >= 15 is 0 Å². The highest BCUT2D eigenvalue weighted by Crippen LogP contribution is 2.32. The number of anilines is 1. The second-order valence-electron chi connectivity index (χ2n) is 6.38.